The van der Waals surface area contributed by atoms with Crippen molar-refractivity contribution in [2.24, 2.45) is 0 Å². The SMILES string of the molecule is Cc1ccc(-c2cc(NCC(C)c3ccnc4c3OCCO4)ncn2)cn1. The van der Waals surface area contributed by atoms with E-state index in [2.05, 4.69) is 32.2 Å². The lowest BCUT2D eigenvalue weighted by molar-refractivity contribution is 0.162. The molecule has 1 atom stereocenters. The van der Waals surface area contributed by atoms with E-state index in [1.165, 1.54) is 0 Å². The molecular weight excluding hydrogens is 342 g/mol. The van der Waals surface area contributed by atoms with Crippen molar-refractivity contribution in [1.82, 2.24) is 19.9 Å². The lowest BCUT2D eigenvalue weighted by Gasteiger charge is -2.22. The Hall–Kier alpha value is -3.22. The van der Waals surface area contributed by atoms with Gasteiger partial charge in [-0.3, -0.25) is 4.98 Å². The number of rotatable bonds is 5. The highest BCUT2D eigenvalue weighted by Gasteiger charge is 2.20. The number of hydrogen-bond donors (Lipinski definition) is 1. The molecular formula is C20H21N5O2. The molecule has 138 valence electrons. The van der Waals surface area contributed by atoms with E-state index < -0.39 is 0 Å². The Labute approximate surface area is 157 Å². The van der Waals surface area contributed by atoms with Crippen molar-refractivity contribution in [2.45, 2.75) is 19.8 Å². The van der Waals surface area contributed by atoms with Crippen molar-refractivity contribution < 1.29 is 9.47 Å². The van der Waals surface area contributed by atoms with Crippen LogP contribution in [0.4, 0.5) is 5.82 Å². The Bertz CT molecular complexity index is 930. The van der Waals surface area contributed by atoms with Crippen molar-refractivity contribution in [2.75, 3.05) is 25.1 Å². The minimum atomic E-state index is 0.197. The summed E-state index contributed by atoms with van der Waals surface area (Å²) in [5.74, 6) is 2.28. The summed E-state index contributed by atoms with van der Waals surface area (Å²) in [5, 5.41) is 3.38. The summed E-state index contributed by atoms with van der Waals surface area (Å²) < 4.78 is 11.3. The first-order valence-corrected chi connectivity index (χ1v) is 8.94. The number of nitrogens with one attached hydrogen (secondary N) is 1. The maximum absolute atomic E-state index is 5.77. The third-order valence-electron chi connectivity index (χ3n) is 4.47. The first kappa shape index (κ1) is 17.2. The van der Waals surface area contributed by atoms with E-state index in [-0.39, 0.29) is 5.92 Å². The maximum atomic E-state index is 5.77. The standard InChI is InChI=1S/C20H21N5O2/c1-13(16-5-6-21-20-19(16)26-7-8-27-20)10-23-18-9-17(24-12-25-18)15-4-3-14(2)22-11-15/h3-6,9,11-13H,7-8,10H2,1-2H3,(H,23,24,25). The van der Waals surface area contributed by atoms with Crippen LogP contribution in [0.15, 0.2) is 43.0 Å². The Morgan fingerprint density at radius 3 is 2.81 bits per heavy atom. The van der Waals surface area contributed by atoms with Gasteiger partial charge in [0.25, 0.3) is 5.88 Å². The number of nitrogens with zero attached hydrogens (tertiary/aromatic N) is 4. The maximum Gasteiger partial charge on any atom is 0.257 e. The van der Waals surface area contributed by atoms with Crippen LogP contribution in [-0.2, 0) is 0 Å². The van der Waals surface area contributed by atoms with E-state index in [9.17, 15) is 0 Å². The van der Waals surface area contributed by atoms with Gasteiger partial charge in [-0.25, -0.2) is 15.0 Å². The molecule has 0 aromatic carbocycles. The molecule has 1 unspecified atom stereocenters. The predicted octanol–water partition coefficient (Wildman–Crippen LogP) is 3.23. The second kappa shape index (κ2) is 7.57. The Morgan fingerprint density at radius 2 is 1.96 bits per heavy atom. The largest absolute Gasteiger partial charge is 0.484 e. The molecule has 1 aliphatic heterocycles. The molecule has 0 saturated heterocycles. The van der Waals surface area contributed by atoms with Crippen LogP contribution >= 0.6 is 0 Å². The van der Waals surface area contributed by atoms with Gasteiger partial charge in [0, 0.05) is 47.7 Å². The molecule has 4 rings (SSSR count). The summed E-state index contributed by atoms with van der Waals surface area (Å²) >= 11 is 0. The van der Waals surface area contributed by atoms with Crippen molar-refractivity contribution in [3.05, 3.63) is 54.2 Å². The second-order valence-corrected chi connectivity index (χ2v) is 6.49. The number of anilines is 1. The van der Waals surface area contributed by atoms with Gasteiger partial charge in [0.1, 0.15) is 25.4 Å². The van der Waals surface area contributed by atoms with Crippen molar-refractivity contribution >= 4 is 5.82 Å². The number of hydrogen-bond acceptors (Lipinski definition) is 7. The van der Waals surface area contributed by atoms with Crippen molar-refractivity contribution in [3.63, 3.8) is 0 Å². The Morgan fingerprint density at radius 1 is 1.07 bits per heavy atom. The van der Waals surface area contributed by atoms with Gasteiger partial charge in [-0.05, 0) is 25.1 Å². The fourth-order valence-electron chi connectivity index (χ4n) is 2.96. The zero-order chi connectivity index (χ0) is 18.6. The molecule has 0 amide bonds. The smallest absolute Gasteiger partial charge is 0.257 e. The van der Waals surface area contributed by atoms with Crippen LogP contribution in [0.5, 0.6) is 11.6 Å². The number of fused-ring (bicyclic) bond motifs is 1. The minimum absolute atomic E-state index is 0.197. The molecule has 1 N–H and O–H groups in total. The number of aryl methyl sites for hydroxylation is 1. The predicted molar refractivity (Wildman–Crippen MR) is 102 cm³/mol. The topological polar surface area (TPSA) is 82.1 Å². The van der Waals surface area contributed by atoms with Crippen LogP contribution in [0.1, 0.15) is 24.1 Å². The van der Waals surface area contributed by atoms with E-state index in [0.717, 1.165) is 34.1 Å². The molecule has 0 aliphatic carbocycles. The number of pyridine rings is 2. The third kappa shape index (κ3) is 3.81. The number of aromatic nitrogens is 4. The van der Waals surface area contributed by atoms with E-state index in [1.54, 1.807) is 12.5 Å². The lowest BCUT2D eigenvalue weighted by Crippen LogP contribution is -2.19. The molecule has 3 aromatic rings. The normalized spacial score (nSPS) is 13.9. The van der Waals surface area contributed by atoms with E-state index in [1.807, 2.05) is 37.4 Å². The van der Waals surface area contributed by atoms with Gasteiger partial charge in [-0.1, -0.05) is 6.92 Å². The Kier molecular flexibility index (Phi) is 4.82. The van der Waals surface area contributed by atoms with Gasteiger partial charge in [-0.2, -0.15) is 0 Å². The summed E-state index contributed by atoms with van der Waals surface area (Å²) in [6.45, 7) is 5.87. The fourth-order valence-corrected chi connectivity index (χ4v) is 2.96. The first-order valence-electron chi connectivity index (χ1n) is 8.94. The highest BCUT2D eigenvalue weighted by Crippen LogP contribution is 2.35. The average molecular weight is 363 g/mol. The Balaban J connectivity index is 1.48. The highest BCUT2D eigenvalue weighted by molar-refractivity contribution is 5.61. The summed E-state index contributed by atoms with van der Waals surface area (Å²) in [4.78, 5) is 17.2. The van der Waals surface area contributed by atoms with Gasteiger partial charge in [0.05, 0.1) is 5.69 Å². The van der Waals surface area contributed by atoms with Gasteiger partial charge in [0.15, 0.2) is 5.75 Å². The monoisotopic (exact) mass is 363 g/mol. The molecule has 4 heterocycles. The molecule has 0 spiro atoms. The van der Waals surface area contributed by atoms with E-state index >= 15 is 0 Å². The molecule has 1 aliphatic rings. The molecule has 0 fully saturated rings. The molecule has 27 heavy (non-hydrogen) atoms. The van der Waals surface area contributed by atoms with Gasteiger partial charge >= 0.3 is 0 Å². The molecule has 0 saturated carbocycles. The van der Waals surface area contributed by atoms with E-state index in [4.69, 9.17) is 9.47 Å². The summed E-state index contributed by atoms with van der Waals surface area (Å²) in [6, 6.07) is 7.89. The first-order chi connectivity index (χ1) is 13.2. The van der Waals surface area contributed by atoms with E-state index in [0.29, 0.717) is 25.6 Å². The van der Waals surface area contributed by atoms with Crippen LogP contribution in [0.2, 0.25) is 0 Å². The average Bonchev–Trinajstić information content (AvgIpc) is 2.72. The zero-order valence-electron chi connectivity index (χ0n) is 15.3. The third-order valence-corrected chi connectivity index (χ3v) is 4.47. The summed E-state index contributed by atoms with van der Waals surface area (Å²) in [7, 11) is 0. The number of ether oxygens (including phenoxy) is 2. The van der Waals surface area contributed by atoms with Crippen LogP contribution in [-0.4, -0.2) is 39.7 Å². The molecule has 0 bridgehead atoms. The molecule has 7 nitrogen and oxygen atoms in total. The van der Waals surface area contributed by atoms with Gasteiger partial charge in [-0.15, -0.1) is 0 Å². The quantitative estimate of drug-likeness (QED) is 0.745. The molecule has 7 heteroatoms. The van der Waals surface area contributed by atoms with Crippen LogP contribution in [0, 0.1) is 6.92 Å². The van der Waals surface area contributed by atoms with Crippen molar-refractivity contribution in [1.29, 1.82) is 0 Å². The van der Waals surface area contributed by atoms with Gasteiger partial charge < -0.3 is 14.8 Å². The van der Waals surface area contributed by atoms with Crippen LogP contribution in [0.3, 0.4) is 0 Å². The lowest BCUT2D eigenvalue weighted by atomic mass is 10.0. The van der Waals surface area contributed by atoms with Gasteiger partial charge in [0.2, 0.25) is 0 Å². The molecule has 0 radical (unpaired) electrons. The fraction of sp³-hybridized carbons (Fsp3) is 0.300. The van der Waals surface area contributed by atoms with Crippen LogP contribution < -0.4 is 14.8 Å². The molecule has 3 aromatic heterocycles. The summed E-state index contributed by atoms with van der Waals surface area (Å²) in [5.41, 5.74) is 3.86. The van der Waals surface area contributed by atoms with Crippen LogP contribution in [0.25, 0.3) is 11.3 Å². The minimum Gasteiger partial charge on any atom is -0.484 e. The zero-order valence-corrected chi connectivity index (χ0v) is 15.3. The van der Waals surface area contributed by atoms with Crippen molar-refractivity contribution in [3.8, 4) is 22.9 Å². The second-order valence-electron chi connectivity index (χ2n) is 6.49. The highest BCUT2D eigenvalue weighted by atomic mass is 16.6. The summed E-state index contributed by atoms with van der Waals surface area (Å²) in [6.07, 6.45) is 5.14.